The van der Waals surface area contributed by atoms with Crippen molar-refractivity contribution in [3.63, 3.8) is 0 Å². The van der Waals surface area contributed by atoms with Crippen LogP contribution in [0.25, 0.3) is 10.9 Å². The van der Waals surface area contributed by atoms with E-state index >= 15 is 0 Å². The molecule has 2 heterocycles. The van der Waals surface area contributed by atoms with Gasteiger partial charge in [-0.15, -0.1) is 10.2 Å². The number of benzene rings is 2. The summed E-state index contributed by atoms with van der Waals surface area (Å²) in [5, 5.41) is 18.8. The van der Waals surface area contributed by atoms with Crippen LogP contribution in [-0.2, 0) is 4.74 Å². The fourth-order valence-electron chi connectivity index (χ4n) is 2.99. The number of carbonyl (C=O) groups is 1. The van der Waals surface area contributed by atoms with E-state index in [9.17, 15) is 9.90 Å². The van der Waals surface area contributed by atoms with Crippen LogP contribution in [-0.4, -0.2) is 20.8 Å². The highest BCUT2D eigenvalue weighted by Crippen LogP contribution is 2.44. The molecule has 1 atom stereocenters. The number of carbonyl (C=O) groups excluding carboxylic acids is 1. The second-order valence-electron chi connectivity index (χ2n) is 5.44. The summed E-state index contributed by atoms with van der Waals surface area (Å²) in [6.45, 7) is 0. The third-order valence-electron chi connectivity index (χ3n) is 4.01. The van der Waals surface area contributed by atoms with E-state index in [0.717, 1.165) is 0 Å². The molecule has 8 heteroatoms. The normalized spacial score (nSPS) is 16.3. The van der Waals surface area contributed by atoms with E-state index in [0.29, 0.717) is 22.0 Å². The van der Waals surface area contributed by atoms with Crippen molar-refractivity contribution in [1.29, 1.82) is 0 Å². The Morgan fingerprint density at radius 3 is 2.72 bits per heavy atom. The minimum absolute atomic E-state index is 0.145. The van der Waals surface area contributed by atoms with Crippen LogP contribution < -0.4 is 5.73 Å². The van der Waals surface area contributed by atoms with Crippen LogP contribution in [0, 0.1) is 0 Å². The summed E-state index contributed by atoms with van der Waals surface area (Å²) in [5.41, 5.74) is 7.35. The molecule has 0 saturated carbocycles. The molecule has 4 rings (SSSR count). The van der Waals surface area contributed by atoms with Crippen LogP contribution in [0.3, 0.4) is 0 Å². The molecule has 0 amide bonds. The van der Waals surface area contributed by atoms with Crippen molar-refractivity contribution >= 4 is 39.9 Å². The summed E-state index contributed by atoms with van der Waals surface area (Å²) < 4.78 is 6.99. The van der Waals surface area contributed by atoms with Crippen molar-refractivity contribution in [2.24, 2.45) is 16.0 Å². The maximum atomic E-state index is 12.1. The number of hydrogen-bond acceptors (Lipinski definition) is 5. The number of ether oxygens (including phenoxy) is 1. The highest BCUT2D eigenvalue weighted by Gasteiger charge is 2.35. The lowest BCUT2D eigenvalue weighted by atomic mass is 10.1. The molecular weight excluding hydrogens is 340 g/mol. The van der Waals surface area contributed by atoms with E-state index in [1.807, 2.05) is 12.1 Å². The predicted molar refractivity (Wildman–Crippen MR) is 94.9 cm³/mol. The van der Waals surface area contributed by atoms with Crippen molar-refractivity contribution in [3.8, 4) is 5.88 Å². The zero-order valence-corrected chi connectivity index (χ0v) is 13.6. The Labute approximate surface area is 147 Å². The average Bonchev–Trinajstić information content (AvgIpc) is 3.07. The molecule has 1 aromatic heterocycles. The van der Waals surface area contributed by atoms with Gasteiger partial charge in [0.25, 0.3) is 0 Å². The second-order valence-corrected chi connectivity index (χ2v) is 5.86. The van der Waals surface area contributed by atoms with Gasteiger partial charge < -0.3 is 15.6 Å². The van der Waals surface area contributed by atoms with Gasteiger partial charge in [0.2, 0.25) is 17.2 Å². The summed E-state index contributed by atoms with van der Waals surface area (Å²) in [7, 11) is 0. The number of aromatic nitrogens is 1. The van der Waals surface area contributed by atoms with E-state index in [-0.39, 0.29) is 16.7 Å². The third-order valence-corrected chi connectivity index (χ3v) is 4.09. The molecule has 0 bridgehead atoms. The van der Waals surface area contributed by atoms with Crippen LogP contribution in [0.4, 0.5) is 5.69 Å². The molecule has 0 unspecified atom stereocenters. The van der Waals surface area contributed by atoms with E-state index in [2.05, 4.69) is 10.2 Å². The maximum Gasteiger partial charge on any atom is 0.340 e. The molecule has 0 aliphatic carbocycles. The molecule has 0 saturated heterocycles. The first-order chi connectivity index (χ1) is 12.1. The quantitative estimate of drug-likeness (QED) is 0.418. The van der Waals surface area contributed by atoms with Crippen LogP contribution in [0.15, 0.2) is 58.8 Å². The Morgan fingerprint density at radius 1 is 1.20 bits per heavy atom. The van der Waals surface area contributed by atoms with Gasteiger partial charge in [-0.1, -0.05) is 36.4 Å². The number of nitrogens with zero attached hydrogens (tertiary/aromatic N) is 3. The first-order valence-electron chi connectivity index (χ1n) is 7.41. The van der Waals surface area contributed by atoms with Crippen molar-refractivity contribution < 1.29 is 14.6 Å². The molecule has 7 nitrogen and oxygen atoms in total. The average molecular weight is 352 g/mol. The highest BCUT2D eigenvalue weighted by molar-refractivity contribution is 7.80. The van der Waals surface area contributed by atoms with E-state index in [1.54, 1.807) is 36.4 Å². The first-order valence-corrected chi connectivity index (χ1v) is 7.81. The first kappa shape index (κ1) is 15.3. The van der Waals surface area contributed by atoms with Crippen molar-refractivity contribution in [1.82, 2.24) is 4.57 Å². The summed E-state index contributed by atoms with van der Waals surface area (Å²) >= 11 is 4.70. The van der Waals surface area contributed by atoms with E-state index in [4.69, 9.17) is 22.7 Å². The molecule has 0 fully saturated rings. The Balaban J connectivity index is 1.96. The molecule has 3 aromatic rings. The van der Waals surface area contributed by atoms with Gasteiger partial charge in [-0.3, -0.25) is 4.57 Å². The van der Waals surface area contributed by atoms with Crippen molar-refractivity contribution in [2.75, 3.05) is 0 Å². The largest absolute Gasteiger partial charge is 0.493 e. The second kappa shape index (κ2) is 5.67. The van der Waals surface area contributed by atoms with Crippen LogP contribution in [0.5, 0.6) is 5.88 Å². The van der Waals surface area contributed by atoms with Gasteiger partial charge in [-0.2, -0.15) is 0 Å². The molecule has 3 N–H and O–H groups in total. The lowest BCUT2D eigenvalue weighted by molar-refractivity contribution is 0.0318. The highest BCUT2D eigenvalue weighted by atomic mass is 32.1. The zero-order valence-electron chi connectivity index (χ0n) is 12.8. The maximum absolute atomic E-state index is 12.1. The Hall–Kier alpha value is -3.26. The SMILES string of the molecule is NC(=S)N=Nc1c(O)n([C@H]2OC(=O)c3ccccc32)c2ccccc12. The molecular formula is C17H12N4O3S. The fourth-order valence-corrected chi connectivity index (χ4v) is 3.03. The van der Waals surface area contributed by atoms with E-state index < -0.39 is 12.2 Å². The van der Waals surface area contributed by atoms with E-state index in [1.165, 1.54) is 4.57 Å². The summed E-state index contributed by atoms with van der Waals surface area (Å²) in [5.74, 6) is -0.625. The van der Waals surface area contributed by atoms with Gasteiger partial charge in [0.1, 0.15) is 0 Å². The number of aromatic hydroxyl groups is 1. The minimum Gasteiger partial charge on any atom is -0.493 e. The summed E-state index contributed by atoms with van der Waals surface area (Å²) in [6.07, 6.45) is -0.789. The zero-order chi connectivity index (χ0) is 17.6. The third kappa shape index (κ3) is 2.34. The topological polar surface area (TPSA) is 102 Å². The van der Waals surface area contributed by atoms with Gasteiger partial charge in [-0.05, 0) is 24.4 Å². The van der Waals surface area contributed by atoms with Gasteiger partial charge in [-0.25, -0.2) is 4.79 Å². The van der Waals surface area contributed by atoms with Gasteiger partial charge in [0, 0.05) is 10.9 Å². The molecule has 25 heavy (non-hydrogen) atoms. The van der Waals surface area contributed by atoms with Crippen LogP contribution in [0.1, 0.15) is 22.1 Å². The van der Waals surface area contributed by atoms with Crippen LogP contribution in [0.2, 0.25) is 0 Å². The number of rotatable bonds is 2. The molecule has 0 radical (unpaired) electrons. The minimum atomic E-state index is -0.789. The Morgan fingerprint density at radius 2 is 1.92 bits per heavy atom. The standard InChI is InChI=1S/C17H12N4O3S/c18-17(25)20-19-13-11-7-3-4-8-12(11)21(14(13)22)15-9-5-1-2-6-10(9)16(23)24-15/h1-8,15,22H,(H2,18,25)/t15-/m0/s1. The molecule has 2 aromatic carbocycles. The molecule has 1 aliphatic heterocycles. The molecule has 124 valence electrons. The van der Waals surface area contributed by atoms with Crippen LogP contribution >= 0.6 is 12.2 Å². The lowest BCUT2D eigenvalue weighted by Crippen LogP contribution is -2.09. The number of fused-ring (bicyclic) bond motifs is 2. The smallest absolute Gasteiger partial charge is 0.340 e. The predicted octanol–water partition coefficient (Wildman–Crippen LogP) is 3.39. The van der Waals surface area contributed by atoms with Crippen molar-refractivity contribution in [3.05, 3.63) is 59.7 Å². The summed E-state index contributed by atoms with van der Waals surface area (Å²) in [6, 6.07) is 14.2. The fraction of sp³-hybridized carbons (Fsp3) is 0.0588. The monoisotopic (exact) mass is 352 g/mol. The Bertz CT molecular complexity index is 1060. The van der Waals surface area contributed by atoms with Gasteiger partial charge in [0.05, 0.1) is 11.1 Å². The number of thiocarbonyl (C=S) groups is 1. The number of cyclic esters (lactones) is 1. The number of nitrogens with two attached hydrogens (primary N) is 1. The molecule has 0 spiro atoms. The molecule has 1 aliphatic rings. The number of para-hydroxylation sites is 1. The number of azo groups is 1. The van der Waals surface area contributed by atoms with Gasteiger partial charge in [0.15, 0.2) is 5.69 Å². The number of hydrogen-bond donors (Lipinski definition) is 2. The lowest BCUT2D eigenvalue weighted by Gasteiger charge is -2.15. The number of esters is 1. The summed E-state index contributed by atoms with van der Waals surface area (Å²) in [4.78, 5) is 12.1. The van der Waals surface area contributed by atoms with Gasteiger partial charge >= 0.3 is 5.97 Å². The van der Waals surface area contributed by atoms with Crippen molar-refractivity contribution in [2.45, 2.75) is 6.23 Å². The Kier molecular flexibility index (Phi) is 3.47.